The lowest BCUT2D eigenvalue weighted by Gasteiger charge is -2.34. The van der Waals surface area contributed by atoms with Crippen molar-refractivity contribution in [2.45, 2.75) is 31.4 Å². The smallest absolute Gasteiger partial charge is 0.433 e. The molecule has 3 aromatic rings. The van der Waals surface area contributed by atoms with Gasteiger partial charge in [0.25, 0.3) is 5.69 Å². The molecule has 20 heteroatoms. The van der Waals surface area contributed by atoms with Crippen LogP contribution in [-0.4, -0.2) is 77.7 Å². The predicted molar refractivity (Wildman–Crippen MR) is 143 cm³/mol. The third-order valence-electron chi connectivity index (χ3n) is 6.88. The van der Waals surface area contributed by atoms with Gasteiger partial charge in [-0.3, -0.25) is 24.0 Å². The maximum absolute atomic E-state index is 14.4. The minimum atomic E-state index is -5.76. The van der Waals surface area contributed by atoms with Crippen LogP contribution in [0.15, 0.2) is 64.8 Å². The lowest BCUT2D eigenvalue weighted by Crippen LogP contribution is -2.45. The largest absolute Gasteiger partial charge is 0.494 e. The van der Waals surface area contributed by atoms with Gasteiger partial charge in [0.15, 0.2) is 29.2 Å². The lowest BCUT2D eigenvalue weighted by atomic mass is 9.74. The van der Waals surface area contributed by atoms with Gasteiger partial charge in [0.05, 0.1) is 23.6 Å². The summed E-state index contributed by atoms with van der Waals surface area (Å²) < 4.78 is 97.4. The maximum atomic E-state index is 14.4. The van der Waals surface area contributed by atoms with Gasteiger partial charge >= 0.3 is 24.3 Å². The molecule has 1 aliphatic rings. The molecule has 0 radical (unpaired) electrons. The predicted octanol–water partition coefficient (Wildman–Crippen LogP) is 4.04. The highest BCUT2D eigenvalue weighted by atomic mass is 19.4. The van der Waals surface area contributed by atoms with Crippen LogP contribution < -0.4 is 0 Å². The van der Waals surface area contributed by atoms with Crippen LogP contribution in [0.1, 0.15) is 11.5 Å². The molecule has 0 saturated heterocycles. The molecule has 2 unspecified atom stereocenters. The van der Waals surface area contributed by atoms with E-state index >= 15 is 0 Å². The van der Waals surface area contributed by atoms with Crippen molar-refractivity contribution in [1.29, 1.82) is 0 Å². The number of esters is 2. The molecule has 2 aromatic heterocycles. The number of aromatic nitrogens is 2. The fourth-order valence-corrected chi connectivity index (χ4v) is 4.83. The molecule has 14 nitrogen and oxygen atoms in total. The summed E-state index contributed by atoms with van der Waals surface area (Å²) >= 11 is 0. The number of alkyl halides is 6. The van der Waals surface area contributed by atoms with E-state index in [-0.39, 0.29) is 0 Å². The number of rotatable bonds is 10. The van der Waals surface area contributed by atoms with Crippen LogP contribution >= 0.6 is 0 Å². The summed E-state index contributed by atoms with van der Waals surface area (Å²) in [6, 6.07) is 7.31. The standard InChI is InChI=1S/C27H22F6N4O10/c28-26(29,30)22-20(24(42)46-10-8-35-15(38)4-5-16(35)39)19(13-2-1-3-14(12-13)37(44)45)21(23(34-22)27(31,32)33)25(43)47-11-9-36-17(40)6-7-18(36)41/h1-7,12,19-20,38-41H,8-11H2. The normalized spacial score (nSPS) is 16.9. The average molecular weight is 676 g/mol. The zero-order chi connectivity index (χ0) is 34.8. The second-order valence-corrected chi connectivity index (χ2v) is 9.77. The van der Waals surface area contributed by atoms with Gasteiger partial charge in [-0.2, -0.15) is 26.3 Å². The molecule has 4 N–H and O–H groups in total. The number of nitro groups is 1. The number of carbonyl (C=O) groups excluding carboxylic acids is 2. The Labute approximate surface area is 258 Å². The Morgan fingerprint density at radius 1 is 0.830 bits per heavy atom. The van der Waals surface area contributed by atoms with Crippen molar-refractivity contribution in [1.82, 2.24) is 9.13 Å². The van der Waals surface area contributed by atoms with E-state index in [9.17, 15) is 66.5 Å². The summed E-state index contributed by atoms with van der Waals surface area (Å²) in [6.45, 7) is -2.80. The number of hydrogen-bond donors (Lipinski definition) is 4. The van der Waals surface area contributed by atoms with Gasteiger partial charge in [-0.05, 0) is 5.56 Å². The lowest BCUT2D eigenvalue weighted by molar-refractivity contribution is -0.384. The van der Waals surface area contributed by atoms with E-state index in [1.807, 2.05) is 0 Å². The van der Waals surface area contributed by atoms with Crippen molar-refractivity contribution >= 4 is 23.3 Å². The fraction of sp³-hybridized carbons (Fsp3) is 0.296. The molecule has 1 aromatic carbocycles. The summed E-state index contributed by atoms with van der Waals surface area (Å²) in [5.74, 6) is -11.4. The average Bonchev–Trinajstić information content (AvgIpc) is 3.49. The van der Waals surface area contributed by atoms with E-state index < -0.39 is 119 Å². The molecule has 0 fully saturated rings. The Morgan fingerprint density at radius 3 is 1.81 bits per heavy atom. The number of aliphatic imine (C=N–C) groups is 1. The molecule has 47 heavy (non-hydrogen) atoms. The molecular formula is C27H22F6N4O10. The molecule has 2 atom stereocenters. The van der Waals surface area contributed by atoms with Crippen LogP contribution in [0.4, 0.5) is 32.0 Å². The molecule has 3 heterocycles. The van der Waals surface area contributed by atoms with Crippen molar-refractivity contribution in [3.05, 3.63) is 75.5 Å². The monoisotopic (exact) mass is 676 g/mol. The number of aromatic hydroxyl groups is 4. The number of ether oxygens (including phenoxy) is 2. The number of nitrogens with zero attached hydrogens (tertiary/aromatic N) is 4. The van der Waals surface area contributed by atoms with Gasteiger partial charge in [0, 0.05) is 42.3 Å². The number of nitro benzene ring substituents is 1. The van der Waals surface area contributed by atoms with Crippen LogP contribution in [0.3, 0.4) is 0 Å². The van der Waals surface area contributed by atoms with Crippen LogP contribution in [-0.2, 0) is 32.2 Å². The molecule has 1 aliphatic heterocycles. The van der Waals surface area contributed by atoms with Crippen molar-refractivity contribution in [2.75, 3.05) is 13.2 Å². The Bertz CT molecular complexity index is 1720. The van der Waals surface area contributed by atoms with E-state index in [0.29, 0.717) is 6.07 Å². The summed E-state index contributed by atoms with van der Waals surface area (Å²) in [5, 5.41) is 50.5. The molecule has 0 saturated carbocycles. The van der Waals surface area contributed by atoms with Crippen molar-refractivity contribution in [3.8, 4) is 23.5 Å². The van der Waals surface area contributed by atoms with Gasteiger partial charge in [-0.15, -0.1) is 0 Å². The molecule has 252 valence electrons. The Morgan fingerprint density at radius 2 is 1.34 bits per heavy atom. The summed E-state index contributed by atoms with van der Waals surface area (Å²) in [7, 11) is 0. The number of hydrogen-bond acceptors (Lipinski definition) is 11. The zero-order valence-corrected chi connectivity index (χ0v) is 23.4. The van der Waals surface area contributed by atoms with Crippen LogP contribution in [0.5, 0.6) is 23.5 Å². The van der Waals surface area contributed by atoms with Gasteiger partial charge < -0.3 is 29.9 Å². The number of benzene rings is 1. The first-order valence-corrected chi connectivity index (χ1v) is 13.1. The summed E-state index contributed by atoms with van der Waals surface area (Å²) in [5.41, 5.74) is -7.88. The molecule has 4 rings (SSSR count). The minimum Gasteiger partial charge on any atom is -0.494 e. The first kappa shape index (κ1) is 34.2. The van der Waals surface area contributed by atoms with E-state index in [1.165, 1.54) is 0 Å². The third kappa shape index (κ3) is 7.25. The van der Waals surface area contributed by atoms with Gasteiger partial charge in [0.2, 0.25) is 0 Å². The maximum Gasteiger partial charge on any atom is 0.433 e. The molecule has 0 spiro atoms. The van der Waals surface area contributed by atoms with Crippen LogP contribution in [0.25, 0.3) is 0 Å². The number of carbonyl (C=O) groups is 2. The summed E-state index contributed by atoms with van der Waals surface area (Å²) in [4.78, 5) is 39.8. The van der Waals surface area contributed by atoms with E-state index in [0.717, 1.165) is 51.6 Å². The second-order valence-electron chi connectivity index (χ2n) is 9.77. The fourth-order valence-electron chi connectivity index (χ4n) is 4.83. The quantitative estimate of drug-likeness (QED) is 0.105. The number of non-ortho nitro benzene ring substituents is 1. The third-order valence-corrected chi connectivity index (χ3v) is 6.88. The first-order chi connectivity index (χ1) is 21.9. The van der Waals surface area contributed by atoms with Crippen molar-refractivity contribution < 1.29 is 70.8 Å². The molecule has 0 bridgehead atoms. The Hall–Kier alpha value is -5.69. The highest BCUT2D eigenvalue weighted by Crippen LogP contribution is 2.48. The number of allylic oxidation sites excluding steroid dienone is 1. The molecular weight excluding hydrogens is 654 g/mol. The second kappa shape index (κ2) is 13.0. The van der Waals surface area contributed by atoms with Crippen molar-refractivity contribution in [2.24, 2.45) is 10.9 Å². The Kier molecular flexibility index (Phi) is 9.43. The van der Waals surface area contributed by atoms with Gasteiger partial charge in [0.1, 0.15) is 24.8 Å². The van der Waals surface area contributed by atoms with E-state index in [1.54, 1.807) is 0 Å². The number of halogens is 6. The van der Waals surface area contributed by atoms with E-state index in [4.69, 9.17) is 9.47 Å². The van der Waals surface area contributed by atoms with Crippen molar-refractivity contribution in [3.63, 3.8) is 0 Å². The molecule has 0 amide bonds. The van der Waals surface area contributed by atoms with Gasteiger partial charge in [-0.25, -0.2) is 9.79 Å². The first-order valence-electron chi connectivity index (χ1n) is 13.1. The topological polar surface area (TPSA) is 199 Å². The van der Waals surface area contributed by atoms with E-state index in [2.05, 4.69) is 4.99 Å². The van der Waals surface area contributed by atoms with Gasteiger partial charge in [-0.1, -0.05) is 12.1 Å². The Balaban J connectivity index is 1.83. The van der Waals surface area contributed by atoms with Crippen LogP contribution in [0.2, 0.25) is 0 Å². The van der Waals surface area contributed by atoms with Crippen LogP contribution in [0, 0.1) is 16.0 Å². The minimum absolute atomic E-state index is 0.535. The highest BCUT2D eigenvalue weighted by Gasteiger charge is 2.57. The SMILES string of the molecule is O=C(OCCn1c(O)ccc1O)C1=C(C(F)(F)F)N=C(C(F)(F)F)C(C(=O)OCCn2c(O)ccc2O)C1c1cccc([N+](=O)[O-])c1. The molecule has 0 aliphatic carbocycles. The zero-order valence-electron chi connectivity index (χ0n) is 23.4. The summed E-state index contributed by atoms with van der Waals surface area (Å²) in [6.07, 6.45) is -11.5. The highest BCUT2D eigenvalue weighted by molar-refractivity contribution is 6.10.